The molecule has 0 saturated carbocycles. The molecule has 0 bridgehead atoms. The molecule has 1 aromatic carbocycles. The van der Waals surface area contributed by atoms with E-state index >= 15 is 0 Å². The topological polar surface area (TPSA) is 78.4 Å². The monoisotopic (exact) mass is 472 g/mol. The van der Waals surface area contributed by atoms with Gasteiger partial charge in [0.25, 0.3) is 5.91 Å². The first-order valence-corrected chi connectivity index (χ1v) is 12.7. The molecule has 182 valence electrons. The normalized spacial score (nSPS) is 11.8. The number of hydrogen-bond donors (Lipinski definition) is 3. The lowest BCUT2D eigenvalue weighted by Crippen LogP contribution is -2.25. The van der Waals surface area contributed by atoms with Gasteiger partial charge in [0.05, 0.1) is 5.56 Å². The van der Waals surface area contributed by atoms with Gasteiger partial charge in [0.2, 0.25) is 5.91 Å². The van der Waals surface area contributed by atoms with Crippen LogP contribution in [0.3, 0.4) is 0 Å². The summed E-state index contributed by atoms with van der Waals surface area (Å²) in [5, 5.41) is 11.4. The van der Waals surface area contributed by atoms with Crippen LogP contribution in [0.25, 0.3) is 0 Å². The van der Waals surface area contributed by atoms with E-state index in [0.29, 0.717) is 24.9 Å². The SMILES string of the molecule is CC(C)=CCC/C(C)=C\CC/C(C)=C\CSc1ccccc1C(=O)NCCCCC(=O)NO. The molecule has 0 aliphatic rings. The summed E-state index contributed by atoms with van der Waals surface area (Å²) in [5.41, 5.74) is 6.48. The Bertz CT molecular complexity index is 840. The minimum absolute atomic E-state index is 0.0980. The number of thioether (sulfide) groups is 1. The number of nitrogens with one attached hydrogen (secondary N) is 2. The molecule has 0 atom stereocenters. The molecule has 1 aromatic rings. The van der Waals surface area contributed by atoms with Gasteiger partial charge in [-0.25, -0.2) is 5.48 Å². The zero-order valence-electron chi connectivity index (χ0n) is 20.6. The van der Waals surface area contributed by atoms with Gasteiger partial charge >= 0.3 is 0 Å². The first kappa shape index (κ1) is 28.7. The zero-order valence-corrected chi connectivity index (χ0v) is 21.4. The Labute approximate surface area is 203 Å². The highest BCUT2D eigenvalue weighted by Gasteiger charge is 2.10. The lowest BCUT2D eigenvalue weighted by molar-refractivity contribution is -0.129. The van der Waals surface area contributed by atoms with Gasteiger partial charge in [0.15, 0.2) is 0 Å². The smallest absolute Gasteiger partial charge is 0.252 e. The van der Waals surface area contributed by atoms with E-state index in [1.54, 1.807) is 17.2 Å². The first-order valence-electron chi connectivity index (χ1n) is 11.7. The summed E-state index contributed by atoms with van der Waals surface area (Å²) in [4.78, 5) is 24.5. The molecule has 0 unspecified atom stereocenters. The summed E-state index contributed by atoms with van der Waals surface area (Å²) in [5.74, 6) is 0.326. The molecular weight excluding hydrogens is 432 g/mol. The Kier molecular flexibility index (Phi) is 15.0. The summed E-state index contributed by atoms with van der Waals surface area (Å²) in [6.07, 6.45) is 12.8. The van der Waals surface area contributed by atoms with Crippen LogP contribution in [0.1, 0.15) is 83.0 Å². The van der Waals surface area contributed by atoms with Crippen molar-refractivity contribution in [3.63, 3.8) is 0 Å². The highest BCUT2D eigenvalue weighted by molar-refractivity contribution is 7.99. The molecule has 1 rings (SSSR count). The van der Waals surface area contributed by atoms with Gasteiger partial charge < -0.3 is 5.32 Å². The summed E-state index contributed by atoms with van der Waals surface area (Å²) < 4.78 is 0. The standard InChI is InChI=1S/C27H40N2O3S/c1-21(2)11-9-12-22(3)13-10-14-23(4)18-20-33-25-16-6-5-15-24(25)27(31)28-19-8-7-17-26(30)29-32/h5-6,11,13,15-16,18,32H,7-10,12,14,17,19-20H2,1-4H3,(H,28,31)(H,29,30)/b22-13-,23-18-. The maximum absolute atomic E-state index is 12.6. The number of carbonyl (C=O) groups is 2. The van der Waals surface area contributed by atoms with Crippen LogP contribution in [0, 0.1) is 0 Å². The van der Waals surface area contributed by atoms with E-state index in [0.717, 1.165) is 36.3 Å². The molecule has 33 heavy (non-hydrogen) atoms. The van der Waals surface area contributed by atoms with Crippen LogP contribution in [0.5, 0.6) is 0 Å². The maximum atomic E-state index is 12.6. The highest BCUT2D eigenvalue weighted by atomic mass is 32.2. The molecule has 0 aliphatic carbocycles. The van der Waals surface area contributed by atoms with Crippen LogP contribution in [0.15, 0.2) is 64.1 Å². The highest BCUT2D eigenvalue weighted by Crippen LogP contribution is 2.23. The molecule has 2 amide bonds. The van der Waals surface area contributed by atoms with Gasteiger partial charge in [-0.2, -0.15) is 0 Å². The maximum Gasteiger partial charge on any atom is 0.252 e. The van der Waals surface area contributed by atoms with Gasteiger partial charge in [-0.15, -0.1) is 11.8 Å². The van der Waals surface area contributed by atoms with Crippen molar-refractivity contribution in [2.75, 3.05) is 12.3 Å². The Morgan fingerprint density at radius 3 is 2.27 bits per heavy atom. The van der Waals surface area contributed by atoms with Gasteiger partial charge in [-0.05, 0) is 78.4 Å². The zero-order chi connectivity index (χ0) is 24.5. The van der Waals surface area contributed by atoms with Crippen molar-refractivity contribution >= 4 is 23.6 Å². The van der Waals surface area contributed by atoms with Crippen LogP contribution in [-0.4, -0.2) is 29.3 Å². The number of hydrogen-bond acceptors (Lipinski definition) is 4. The third kappa shape index (κ3) is 13.7. The molecule has 0 spiro atoms. The van der Waals surface area contributed by atoms with Crippen molar-refractivity contribution < 1.29 is 14.8 Å². The Morgan fingerprint density at radius 2 is 1.58 bits per heavy atom. The van der Waals surface area contributed by atoms with Gasteiger partial charge in [0.1, 0.15) is 0 Å². The van der Waals surface area contributed by atoms with Crippen LogP contribution < -0.4 is 10.8 Å². The van der Waals surface area contributed by atoms with E-state index in [9.17, 15) is 9.59 Å². The largest absolute Gasteiger partial charge is 0.352 e. The molecule has 0 aromatic heterocycles. The molecule has 0 saturated heterocycles. The van der Waals surface area contributed by atoms with Gasteiger partial charge in [-0.1, -0.05) is 47.1 Å². The van der Waals surface area contributed by atoms with Gasteiger partial charge in [-0.3, -0.25) is 14.8 Å². The first-order chi connectivity index (χ1) is 15.8. The quantitative estimate of drug-likeness (QED) is 0.0883. The molecule has 0 fully saturated rings. The third-order valence-electron chi connectivity index (χ3n) is 5.17. The number of rotatable bonds is 15. The second-order valence-electron chi connectivity index (χ2n) is 8.51. The lowest BCUT2D eigenvalue weighted by atomic mass is 10.1. The molecule has 0 aliphatic heterocycles. The molecule has 6 heteroatoms. The number of amides is 2. The predicted octanol–water partition coefficient (Wildman–Crippen LogP) is 6.60. The summed E-state index contributed by atoms with van der Waals surface area (Å²) in [6.45, 7) is 9.16. The fraction of sp³-hybridized carbons (Fsp3) is 0.481. The number of unbranched alkanes of at least 4 members (excludes halogenated alkanes) is 1. The van der Waals surface area contributed by atoms with E-state index in [1.165, 1.54) is 16.7 Å². The molecular formula is C27H40N2O3S. The number of carbonyl (C=O) groups excluding carboxylic acids is 2. The second kappa shape index (κ2) is 17.2. The van der Waals surface area contributed by atoms with E-state index in [2.05, 4.69) is 51.2 Å². The van der Waals surface area contributed by atoms with Crippen LogP contribution in [0.2, 0.25) is 0 Å². The van der Waals surface area contributed by atoms with E-state index < -0.39 is 5.91 Å². The van der Waals surface area contributed by atoms with Crippen molar-refractivity contribution in [3.8, 4) is 0 Å². The average molecular weight is 473 g/mol. The molecule has 0 heterocycles. The minimum Gasteiger partial charge on any atom is -0.352 e. The minimum atomic E-state index is -0.406. The van der Waals surface area contributed by atoms with E-state index in [-0.39, 0.29) is 12.3 Å². The van der Waals surface area contributed by atoms with Crippen molar-refractivity contribution in [2.24, 2.45) is 0 Å². The molecule has 5 nitrogen and oxygen atoms in total. The van der Waals surface area contributed by atoms with Crippen molar-refractivity contribution in [2.45, 2.75) is 77.5 Å². The molecule has 3 N–H and O–H groups in total. The van der Waals surface area contributed by atoms with Crippen LogP contribution in [-0.2, 0) is 4.79 Å². The van der Waals surface area contributed by atoms with Crippen molar-refractivity contribution in [3.05, 3.63) is 64.8 Å². The lowest BCUT2D eigenvalue weighted by Gasteiger charge is -2.09. The summed E-state index contributed by atoms with van der Waals surface area (Å²) >= 11 is 1.67. The third-order valence-corrected chi connectivity index (χ3v) is 6.17. The number of allylic oxidation sites excluding steroid dienone is 5. The van der Waals surface area contributed by atoms with E-state index in [1.807, 2.05) is 24.3 Å². The Balaban J connectivity index is 2.43. The molecule has 0 radical (unpaired) electrons. The van der Waals surface area contributed by atoms with Crippen molar-refractivity contribution in [1.29, 1.82) is 0 Å². The van der Waals surface area contributed by atoms with Crippen LogP contribution in [0.4, 0.5) is 0 Å². The number of benzene rings is 1. The number of hydroxylamine groups is 1. The second-order valence-corrected chi connectivity index (χ2v) is 9.58. The predicted molar refractivity (Wildman–Crippen MR) is 139 cm³/mol. The Hall–Kier alpha value is -2.31. The fourth-order valence-corrected chi connectivity index (χ4v) is 4.19. The average Bonchev–Trinajstić information content (AvgIpc) is 2.78. The van der Waals surface area contributed by atoms with Crippen LogP contribution >= 0.6 is 11.8 Å². The Morgan fingerprint density at radius 1 is 0.909 bits per heavy atom. The van der Waals surface area contributed by atoms with E-state index in [4.69, 9.17) is 5.21 Å². The summed E-state index contributed by atoms with van der Waals surface area (Å²) in [7, 11) is 0. The van der Waals surface area contributed by atoms with Crippen molar-refractivity contribution in [1.82, 2.24) is 10.8 Å². The fourth-order valence-electron chi connectivity index (χ4n) is 3.16. The summed E-state index contributed by atoms with van der Waals surface area (Å²) in [6, 6.07) is 7.65. The van der Waals surface area contributed by atoms with Gasteiger partial charge in [0, 0.05) is 23.6 Å².